The molecule has 1 aliphatic heterocycles. The van der Waals surface area contributed by atoms with Crippen LogP contribution < -0.4 is 0 Å². The smallest absolute Gasteiger partial charge is 0.309 e. The van der Waals surface area contributed by atoms with Gasteiger partial charge in [-0.3, -0.25) is 9.59 Å². The maximum absolute atomic E-state index is 12.4. The fourth-order valence-electron chi connectivity index (χ4n) is 2.55. The fourth-order valence-corrected chi connectivity index (χ4v) is 5.17. The molecule has 2 heterocycles. The molecule has 1 amide bonds. The second-order valence-electron chi connectivity index (χ2n) is 5.92. The van der Waals surface area contributed by atoms with Gasteiger partial charge in [-0.25, -0.2) is 8.42 Å². The molecule has 1 aliphatic rings. The zero-order valence-corrected chi connectivity index (χ0v) is 15.6. The molecule has 0 spiro atoms. The zero-order chi connectivity index (χ0) is 17.9. The Hall–Kier alpha value is -1.45. The number of carbonyl (C=O) groups is 2. The average molecular weight is 374 g/mol. The standard InChI is InChI=1S/C15H22N2O5S2/c1-11(14(18)16(2)3)22-15(19)12-6-8-17(9-7-12)24(20,21)13-5-4-10-23-13/h4-5,10-12H,6-9H2,1-3H3/t11-/m0/s1. The number of ether oxygens (including phenoxy) is 1. The van der Waals surface area contributed by atoms with E-state index in [0.717, 1.165) is 0 Å². The van der Waals surface area contributed by atoms with Crippen LogP contribution in [-0.4, -0.2) is 62.8 Å². The van der Waals surface area contributed by atoms with Gasteiger partial charge in [0, 0.05) is 27.2 Å². The third kappa shape index (κ3) is 4.14. The number of likely N-dealkylation sites (N-methyl/N-ethyl adjacent to an activating group) is 1. The summed E-state index contributed by atoms with van der Waals surface area (Å²) in [4.78, 5) is 25.3. The van der Waals surface area contributed by atoms with Crippen LogP contribution in [0.25, 0.3) is 0 Å². The molecule has 1 aromatic rings. The van der Waals surface area contributed by atoms with E-state index in [-0.39, 0.29) is 24.9 Å². The number of rotatable bonds is 5. The molecule has 1 fully saturated rings. The molecule has 0 radical (unpaired) electrons. The lowest BCUT2D eigenvalue weighted by molar-refractivity contribution is -0.162. The summed E-state index contributed by atoms with van der Waals surface area (Å²) < 4.78 is 31.8. The lowest BCUT2D eigenvalue weighted by atomic mass is 9.98. The van der Waals surface area contributed by atoms with E-state index in [1.165, 1.54) is 27.5 Å². The number of amides is 1. The van der Waals surface area contributed by atoms with Crippen molar-refractivity contribution in [3.05, 3.63) is 17.5 Å². The highest BCUT2D eigenvalue weighted by Crippen LogP contribution is 2.27. The molecule has 0 bridgehead atoms. The summed E-state index contributed by atoms with van der Waals surface area (Å²) in [6.07, 6.45) is -0.0427. The van der Waals surface area contributed by atoms with E-state index in [0.29, 0.717) is 17.1 Å². The highest BCUT2D eigenvalue weighted by molar-refractivity contribution is 7.91. The Morgan fingerprint density at radius 2 is 1.96 bits per heavy atom. The van der Waals surface area contributed by atoms with Gasteiger partial charge < -0.3 is 9.64 Å². The number of carbonyl (C=O) groups excluding carboxylic acids is 2. The van der Waals surface area contributed by atoms with Gasteiger partial charge in [0.25, 0.3) is 15.9 Å². The Morgan fingerprint density at radius 1 is 1.33 bits per heavy atom. The van der Waals surface area contributed by atoms with E-state index in [9.17, 15) is 18.0 Å². The normalized spacial score (nSPS) is 18.1. The van der Waals surface area contributed by atoms with Crippen molar-refractivity contribution in [2.75, 3.05) is 27.2 Å². The molecule has 1 saturated heterocycles. The van der Waals surface area contributed by atoms with Crippen molar-refractivity contribution in [2.24, 2.45) is 5.92 Å². The average Bonchev–Trinajstić information content (AvgIpc) is 3.09. The summed E-state index contributed by atoms with van der Waals surface area (Å²) in [7, 11) is -0.281. The molecular weight excluding hydrogens is 352 g/mol. The molecule has 0 N–H and O–H groups in total. The minimum Gasteiger partial charge on any atom is -0.452 e. The summed E-state index contributed by atoms with van der Waals surface area (Å²) in [6, 6.07) is 3.28. The van der Waals surface area contributed by atoms with Gasteiger partial charge in [0.2, 0.25) is 0 Å². The van der Waals surface area contributed by atoms with Gasteiger partial charge in [-0.1, -0.05) is 6.07 Å². The maximum atomic E-state index is 12.4. The second kappa shape index (κ2) is 7.62. The van der Waals surface area contributed by atoms with Gasteiger partial charge in [0.1, 0.15) is 4.21 Å². The van der Waals surface area contributed by atoms with Crippen LogP contribution in [0.4, 0.5) is 0 Å². The molecule has 1 atom stereocenters. The molecule has 2 rings (SSSR count). The zero-order valence-electron chi connectivity index (χ0n) is 14.0. The molecular formula is C15H22N2O5S2. The van der Waals surface area contributed by atoms with Gasteiger partial charge in [-0.05, 0) is 31.2 Å². The highest BCUT2D eigenvalue weighted by Gasteiger charge is 2.34. The first-order valence-electron chi connectivity index (χ1n) is 7.68. The Morgan fingerprint density at radius 3 is 2.46 bits per heavy atom. The van der Waals surface area contributed by atoms with E-state index in [1.54, 1.807) is 31.6 Å². The van der Waals surface area contributed by atoms with Crippen LogP contribution in [0.15, 0.2) is 21.7 Å². The van der Waals surface area contributed by atoms with Crippen molar-refractivity contribution < 1.29 is 22.7 Å². The van der Waals surface area contributed by atoms with Crippen LogP contribution in [0, 0.1) is 5.92 Å². The molecule has 0 aromatic carbocycles. The van der Waals surface area contributed by atoms with E-state index in [1.807, 2.05) is 0 Å². The Labute approximate surface area is 146 Å². The number of nitrogens with zero attached hydrogens (tertiary/aromatic N) is 2. The van der Waals surface area contributed by atoms with Crippen LogP contribution in [0.3, 0.4) is 0 Å². The van der Waals surface area contributed by atoms with Crippen molar-refractivity contribution in [1.29, 1.82) is 0 Å². The SMILES string of the molecule is C[C@H](OC(=O)C1CCN(S(=O)(=O)c2cccs2)CC1)C(=O)N(C)C. The fraction of sp³-hybridized carbons (Fsp3) is 0.600. The van der Waals surface area contributed by atoms with Crippen LogP contribution in [-0.2, 0) is 24.3 Å². The van der Waals surface area contributed by atoms with Crippen LogP contribution >= 0.6 is 11.3 Å². The summed E-state index contributed by atoms with van der Waals surface area (Å²) in [5, 5.41) is 1.72. The quantitative estimate of drug-likeness (QED) is 0.723. The molecule has 9 heteroatoms. The van der Waals surface area contributed by atoms with Crippen molar-refractivity contribution in [3.63, 3.8) is 0 Å². The predicted molar refractivity (Wildman–Crippen MR) is 90.0 cm³/mol. The lowest BCUT2D eigenvalue weighted by Crippen LogP contribution is -2.42. The second-order valence-corrected chi connectivity index (χ2v) is 9.03. The molecule has 134 valence electrons. The topological polar surface area (TPSA) is 84.0 Å². The molecule has 1 aromatic heterocycles. The van der Waals surface area contributed by atoms with E-state index in [4.69, 9.17) is 4.74 Å². The van der Waals surface area contributed by atoms with Crippen molar-refractivity contribution >= 4 is 33.2 Å². The number of esters is 1. The summed E-state index contributed by atoms with van der Waals surface area (Å²) in [5.41, 5.74) is 0. The molecule has 0 saturated carbocycles. The maximum Gasteiger partial charge on any atom is 0.309 e. The summed E-state index contributed by atoms with van der Waals surface area (Å²) in [6.45, 7) is 2.09. The molecule has 7 nitrogen and oxygen atoms in total. The number of sulfonamides is 1. The van der Waals surface area contributed by atoms with Gasteiger partial charge in [-0.15, -0.1) is 11.3 Å². The number of thiophene rings is 1. The van der Waals surface area contributed by atoms with E-state index in [2.05, 4.69) is 0 Å². The third-order valence-corrected chi connectivity index (χ3v) is 7.23. The largest absolute Gasteiger partial charge is 0.452 e. The number of piperidine rings is 1. The predicted octanol–water partition coefficient (Wildman–Crippen LogP) is 1.17. The Bertz CT molecular complexity index is 677. The van der Waals surface area contributed by atoms with E-state index < -0.39 is 22.1 Å². The van der Waals surface area contributed by atoms with E-state index >= 15 is 0 Å². The monoisotopic (exact) mass is 374 g/mol. The van der Waals surface area contributed by atoms with Gasteiger partial charge in [0.05, 0.1) is 5.92 Å². The minimum absolute atomic E-state index is 0.274. The van der Waals surface area contributed by atoms with Crippen molar-refractivity contribution in [3.8, 4) is 0 Å². The van der Waals surface area contributed by atoms with Gasteiger partial charge in [-0.2, -0.15) is 4.31 Å². The molecule has 0 aliphatic carbocycles. The van der Waals surface area contributed by atoms with Crippen LogP contribution in [0.5, 0.6) is 0 Å². The summed E-state index contributed by atoms with van der Waals surface area (Å²) in [5.74, 6) is -1.09. The van der Waals surface area contributed by atoms with Crippen LogP contribution in [0.1, 0.15) is 19.8 Å². The first-order valence-corrected chi connectivity index (χ1v) is 10.0. The molecule has 24 heavy (non-hydrogen) atoms. The first-order chi connectivity index (χ1) is 11.2. The Balaban J connectivity index is 1.91. The van der Waals surface area contributed by atoms with Gasteiger partial charge >= 0.3 is 5.97 Å². The summed E-state index contributed by atoms with van der Waals surface area (Å²) >= 11 is 1.18. The van der Waals surface area contributed by atoms with Crippen molar-refractivity contribution in [2.45, 2.75) is 30.1 Å². The minimum atomic E-state index is -3.48. The Kier molecular flexibility index (Phi) is 6.00. The molecule has 0 unspecified atom stereocenters. The number of hydrogen-bond acceptors (Lipinski definition) is 6. The van der Waals surface area contributed by atoms with Gasteiger partial charge in [0.15, 0.2) is 6.10 Å². The van der Waals surface area contributed by atoms with Crippen LogP contribution in [0.2, 0.25) is 0 Å². The lowest BCUT2D eigenvalue weighted by Gasteiger charge is -2.30. The van der Waals surface area contributed by atoms with Crippen molar-refractivity contribution in [1.82, 2.24) is 9.21 Å². The first kappa shape index (κ1) is 18.9. The third-order valence-electron chi connectivity index (χ3n) is 3.96. The number of hydrogen-bond donors (Lipinski definition) is 0. The highest BCUT2D eigenvalue weighted by atomic mass is 32.2.